The van der Waals surface area contributed by atoms with Gasteiger partial charge in [-0.3, -0.25) is 4.90 Å². The van der Waals surface area contributed by atoms with E-state index in [1.807, 2.05) is 0 Å². The number of hydrogen-bond acceptors (Lipinski definition) is 1. The molecule has 0 aromatic carbocycles. The van der Waals surface area contributed by atoms with Gasteiger partial charge >= 0.3 is 0 Å². The maximum Gasteiger partial charge on any atom is 0.0263 e. The molecule has 2 aliphatic rings. The second kappa shape index (κ2) is 2.75. The third-order valence-electron chi connectivity index (χ3n) is 4.12. The van der Waals surface area contributed by atoms with Crippen LogP contribution in [0.25, 0.3) is 0 Å². The van der Waals surface area contributed by atoms with Crippen LogP contribution < -0.4 is 0 Å². The number of hydrogen-bond donors (Lipinski definition) is 0. The van der Waals surface area contributed by atoms with Crippen molar-refractivity contribution in [3.8, 4) is 0 Å². The van der Waals surface area contributed by atoms with Crippen molar-refractivity contribution in [1.82, 2.24) is 4.90 Å². The van der Waals surface area contributed by atoms with Crippen LogP contribution in [-0.4, -0.2) is 22.5 Å². The first-order valence-corrected chi connectivity index (χ1v) is 6.00. The van der Waals surface area contributed by atoms with Crippen LogP contribution in [-0.2, 0) is 0 Å². The zero-order chi connectivity index (χ0) is 10.7. The first kappa shape index (κ1) is 10.5. The normalized spacial score (nSPS) is 42.4. The highest BCUT2D eigenvalue weighted by Gasteiger charge is 2.59. The molecule has 2 atom stereocenters. The number of rotatable bonds is 0. The van der Waals surface area contributed by atoms with Crippen LogP contribution >= 0.6 is 0 Å². The highest BCUT2D eigenvalue weighted by Crippen LogP contribution is 2.54. The Morgan fingerprint density at radius 3 is 1.57 bits per heavy atom. The summed E-state index contributed by atoms with van der Waals surface area (Å²) in [5, 5.41) is 0. The van der Waals surface area contributed by atoms with Crippen LogP contribution in [0.2, 0.25) is 0 Å². The van der Waals surface area contributed by atoms with Gasteiger partial charge in [0.25, 0.3) is 0 Å². The molecule has 0 aromatic rings. The van der Waals surface area contributed by atoms with Gasteiger partial charge in [-0.2, -0.15) is 0 Å². The second-order valence-electron chi connectivity index (χ2n) is 7.25. The van der Waals surface area contributed by atoms with Crippen LogP contribution in [0.5, 0.6) is 0 Å². The largest absolute Gasteiger partial charge is 0.289 e. The van der Waals surface area contributed by atoms with Gasteiger partial charge in [-0.1, -0.05) is 20.8 Å². The summed E-state index contributed by atoms with van der Waals surface area (Å²) in [4.78, 5) is 2.70. The van der Waals surface area contributed by atoms with Gasteiger partial charge in [0.1, 0.15) is 0 Å². The molecule has 2 rings (SSSR count). The van der Waals surface area contributed by atoms with Crippen molar-refractivity contribution in [2.45, 2.75) is 72.0 Å². The van der Waals surface area contributed by atoms with Crippen molar-refractivity contribution in [3.05, 3.63) is 0 Å². The van der Waals surface area contributed by atoms with Gasteiger partial charge in [-0.25, -0.2) is 0 Å². The Hall–Kier alpha value is -0.0400. The predicted molar refractivity (Wildman–Crippen MR) is 61.3 cm³/mol. The molecule has 0 aromatic heterocycles. The first-order valence-electron chi connectivity index (χ1n) is 6.00. The number of fused-ring (bicyclic) bond motifs is 1. The molecule has 1 saturated heterocycles. The molecule has 0 amide bonds. The topological polar surface area (TPSA) is 3.01 Å². The monoisotopic (exact) mass is 195 g/mol. The molecule has 1 heterocycles. The fraction of sp³-hybridized carbons (Fsp3) is 1.00. The lowest BCUT2D eigenvalue weighted by molar-refractivity contribution is 0.165. The average molecular weight is 195 g/mol. The lowest BCUT2D eigenvalue weighted by atomic mass is 9.79. The van der Waals surface area contributed by atoms with Gasteiger partial charge in [0, 0.05) is 17.6 Å². The van der Waals surface area contributed by atoms with E-state index in [0.717, 1.165) is 18.0 Å². The maximum atomic E-state index is 2.70. The summed E-state index contributed by atoms with van der Waals surface area (Å²) in [6, 6.07) is 1.83. The van der Waals surface area contributed by atoms with Crippen LogP contribution in [0.3, 0.4) is 0 Å². The second-order valence-corrected chi connectivity index (χ2v) is 7.25. The summed E-state index contributed by atoms with van der Waals surface area (Å²) in [6.45, 7) is 14.2. The Morgan fingerprint density at radius 1 is 0.857 bits per heavy atom. The molecule has 1 heteroatoms. The van der Waals surface area contributed by atoms with Gasteiger partial charge in [-0.05, 0) is 44.9 Å². The van der Waals surface area contributed by atoms with E-state index in [-0.39, 0.29) is 0 Å². The van der Waals surface area contributed by atoms with Crippen molar-refractivity contribution in [1.29, 1.82) is 0 Å². The molecule has 2 fully saturated rings. The van der Waals surface area contributed by atoms with Crippen molar-refractivity contribution in [3.63, 3.8) is 0 Å². The SMILES string of the molecule is CC(C)(C)C1CC2C(C1)N2C(C)(C)C. The standard InChI is InChI=1S/C13H25N/c1-12(2,3)9-7-10-11(8-9)14(10)13(4,5)6/h9-11H,7-8H2,1-6H3. The highest BCUT2D eigenvalue weighted by atomic mass is 15.4. The van der Waals surface area contributed by atoms with E-state index >= 15 is 0 Å². The van der Waals surface area contributed by atoms with Gasteiger partial charge in [-0.15, -0.1) is 0 Å². The molecule has 0 bridgehead atoms. The third kappa shape index (κ3) is 1.60. The van der Waals surface area contributed by atoms with Gasteiger partial charge in [0.2, 0.25) is 0 Å². The van der Waals surface area contributed by atoms with Crippen LogP contribution in [0.15, 0.2) is 0 Å². The third-order valence-corrected chi connectivity index (χ3v) is 4.12. The molecule has 1 aliphatic carbocycles. The summed E-state index contributed by atoms with van der Waals surface area (Å²) < 4.78 is 0. The Balaban J connectivity index is 1.94. The van der Waals surface area contributed by atoms with Crippen LogP contribution in [0.4, 0.5) is 0 Å². The Bertz CT molecular complexity index is 207. The smallest absolute Gasteiger partial charge is 0.0263 e. The van der Waals surface area contributed by atoms with E-state index in [1.54, 1.807) is 0 Å². The highest BCUT2D eigenvalue weighted by molar-refractivity contribution is 5.14. The zero-order valence-corrected chi connectivity index (χ0v) is 10.6. The zero-order valence-electron chi connectivity index (χ0n) is 10.6. The van der Waals surface area contributed by atoms with E-state index in [2.05, 4.69) is 46.4 Å². The Kier molecular flexibility index (Phi) is 2.06. The van der Waals surface area contributed by atoms with E-state index in [1.165, 1.54) is 12.8 Å². The Labute approximate surface area is 88.9 Å². The fourth-order valence-electron chi connectivity index (χ4n) is 3.26. The lowest BCUT2D eigenvalue weighted by Gasteiger charge is -2.32. The minimum atomic E-state index is 0.401. The summed E-state index contributed by atoms with van der Waals surface area (Å²) in [5.41, 5.74) is 0.926. The number of likely N-dealkylation sites (tertiary alicyclic amines) is 1. The van der Waals surface area contributed by atoms with Crippen LogP contribution in [0.1, 0.15) is 54.4 Å². The summed E-state index contributed by atoms with van der Waals surface area (Å²) in [7, 11) is 0. The fourth-order valence-corrected chi connectivity index (χ4v) is 3.26. The molecule has 1 nitrogen and oxygen atoms in total. The van der Waals surface area contributed by atoms with Gasteiger partial charge in [0.15, 0.2) is 0 Å². The molecular formula is C13H25N. The van der Waals surface area contributed by atoms with E-state index in [0.29, 0.717) is 11.0 Å². The summed E-state index contributed by atoms with van der Waals surface area (Å²) in [5.74, 6) is 0.955. The number of nitrogens with zero attached hydrogens (tertiary/aromatic N) is 1. The van der Waals surface area contributed by atoms with Crippen molar-refractivity contribution in [2.75, 3.05) is 0 Å². The van der Waals surface area contributed by atoms with Crippen molar-refractivity contribution < 1.29 is 0 Å². The van der Waals surface area contributed by atoms with E-state index < -0.39 is 0 Å². The summed E-state index contributed by atoms with van der Waals surface area (Å²) >= 11 is 0. The Morgan fingerprint density at radius 2 is 1.29 bits per heavy atom. The van der Waals surface area contributed by atoms with Crippen LogP contribution in [0, 0.1) is 11.3 Å². The summed E-state index contributed by atoms with van der Waals surface area (Å²) in [6.07, 6.45) is 2.87. The van der Waals surface area contributed by atoms with E-state index in [4.69, 9.17) is 0 Å². The molecular weight excluding hydrogens is 170 g/mol. The maximum absolute atomic E-state index is 2.70. The first-order chi connectivity index (χ1) is 6.21. The molecule has 0 spiro atoms. The van der Waals surface area contributed by atoms with Gasteiger partial charge < -0.3 is 0 Å². The van der Waals surface area contributed by atoms with E-state index in [9.17, 15) is 0 Å². The lowest BCUT2D eigenvalue weighted by Crippen LogP contribution is -2.33. The molecule has 0 N–H and O–H groups in total. The predicted octanol–water partition coefficient (Wildman–Crippen LogP) is 3.29. The molecule has 1 aliphatic heterocycles. The van der Waals surface area contributed by atoms with Crippen molar-refractivity contribution in [2.24, 2.45) is 11.3 Å². The minimum absolute atomic E-state index is 0.401. The molecule has 82 valence electrons. The molecule has 2 unspecified atom stereocenters. The molecule has 14 heavy (non-hydrogen) atoms. The molecule has 1 saturated carbocycles. The minimum Gasteiger partial charge on any atom is -0.289 e. The quantitative estimate of drug-likeness (QED) is 0.536. The van der Waals surface area contributed by atoms with Crippen molar-refractivity contribution >= 4 is 0 Å². The van der Waals surface area contributed by atoms with Gasteiger partial charge in [0.05, 0.1) is 0 Å². The average Bonchev–Trinajstić information content (AvgIpc) is 2.46. The number of piperidine rings is 1. The molecule has 0 radical (unpaired) electrons.